The SMILES string of the molecule is COc1c(OCCC2CN(CC3CCC3)CCO2)ccc2c1N=C(N1C=C(C3CCCN3C)C=CC1)N1CCN=C21. The third-order valence-electron chi connectivity index (χ3n) is 9.58. The molecule has 0 amide bonds. The molecule has 0 radical (unpaired) electrons. The molecule has 9 nitrogen and oxygen atoms in total. The molecule has 2 unspecified atom stereocenters. The first-order valence-corrected chi connectivity index (χ1v) is 15.6. The number of likely N-dealkylation sites (N-methyl/N-ethyl adjacent to an activating group) is 1. The fourth-order valence-electron chi connectivity index (χ4n) is 7.11. The van der Waals surface area contributed by atoms with Crippen LogP contribution >= 0.6 is 0 Å². The van der Waals surface area contributed by atoms with Crippen molar-refractivity contribution in [3.05, 3.63) is 41.6 Å². The van der Waals surface area contributed by atoms with E-state index in [9.17, 15) is 0 Å². The van der Waals surface area contributed by atoms with Gasteiger partial charge >= 0.3 is 0 Å². The number of ether oxygens (including phenoxy) is 3. The molecular weight excluding hydrogens is 516 g/mol. The highest BCUT2D eigenvalue weighted by molar-refractivity contribution is 6.16. The summed E-state index contributed by atoms with van der Waals surface area (Å²) in [4.78, 5) is 19.7. The largest absolute Gasteiger partial charge is 0.491 e. The second-order valence-electron chi connectivity index (χ2n) is 12.3. The first kappa shape index (κ1) is 27.0. The van der Waals surface area contributed by atoms with Gasteiger partial charge in [0.2, 0.25) is 5.96 Å². The molecule has 1 saturated carbocycles. The Labute approximate surface area is 244 Å². The maximum Gasteiger partial charge on any atom is 0.212 e. The average molecular weight is 561 g/mol. The molecule has 220 valence electrons. The number of hydrogen-bond donors (Lipinski definition) is 0. The molecule has 2 saturated heterocycles. The summed E-state index contributed by atoms with van der Waals surface area (Å²) in [6.07, 6.45) is 14.5. The molecule has 0 N–H and O–H groups in total. The molecule has 5 aliphatic heterocycles. The maximum atomic E-state index is 6.35. The number of rotatable bonds is 8. The lowest BCUT2D eigenvalue weighted by Gasteiger charge is -2.37. The third kappa shape index (κ3) is 5.40. The van der Waals surface area contributed by atoms with Crippen molar-refractivity contribution in [1.29, 1.82) is 0 Å². The van der Waals surface area contributed by atoms with Crippen molar-refractivity contribution in [1.82, 2.24) is 19.6 Å². The van der Waals surface area contributed by atoms with Crippen molar-refractivity contribution in [3.63, 3.8) is 0 Å². The zero-order valence-corrected chi connectivity index (χ0v) is 24.6. The maximum absolute atomic E-state index is 6.35. The summed E-state index contributed by atoms with van der Waals surface area (Å²) < 4.78 is 18.4. The smallest absolute Gasteiger partial charge is 0.212 e. The van der Waals surface area contributed by atoms with E-state index < -0.39 is 0 Å². The van der Waals surface area contributed by atoms with Gasteiger partial charge in [-0.1, -0.05) is 18.6 Å². The first-order chi connectivity index (χ1) is 20.2. The van der Waals surface area contributed by atoms with E-state index in [2.05, 4.69) is 51.1 Å². The van der Waals surface area contributed by atoms with Gasteiger partial charge in [-0.15, -0.1) is 0 Å². The van der Waals surface area contributed by atoms with Crippen molar-refractivity contribution in [2.45, 2.75) is 50.7 Å². The first-order valence-electron chi connectivity index (χ1n) is 15.6. The number of aliphatic imine (C=N–C) groups is 2. The third-order valence-corrected chi connectivity index (χ3v) is 9.58. The van der Waals surface area contributed by atoms with Crippen LogP contribution in [0.15, 0.2) is 46.0 Å². The molecule has 7 rings (SSSR count). The van der Waals surface area contributed by atoms with Crippen molar-refractivity contribution in [2.24, 2.45) is 15.9 Å². The minimum Gasteiger partial charge on any atom is -0.491 e. The number of guanidine groups is 1. The van der Waals surface area contributed by atoms with Crippen LogP contribution in [0, 0.1) is 5.92 Å². The van der Waals surface area contributed by atoms with Gasteiger partial charge in [0.15, 0.2) is 11.5 Å². The van der Waals surface area contributed by atoms with Gasteiger partial charge in [-0.25, -0.2) is 4.99 Å². The van der Waals surface area contributed by atoms with Gasteiger partial charge in [-0.2, -0.15) is 0 Å². The summed E-state index contributed by atoms with van der Waals surface area (Å²) in [6, 6.07) is 4.57. The molecular formula is C32H44N6O3. The Balaban J connectivity index is 1.09. The van der Waals surface area contributed by atoms with Crippen LogP contribution in [0.3, 0.4) is 0 Å². The van der Waals surface area contributed by atoms with Crippen LogP contribution in [0.1, 0.15) is 44.1 Å². The van der Waals surface area contributed by atoms with Gasteiger partial charge in [0.25, 0.3) is 0 Å². The standard InChI is InChI=1S/C32H44N6O3/c1-35-14-5-9-27(35)24-8-4-15-37(21-24)32-34-29-26(31-33-13-16-38(31)32)10-11-28(30(29)39-2)41-18-12-25-22-36(17-19-40-25)20-23-6-3-7-23/h4,8,10-11,21,23,25,27H,3,5-7,9,12-20,22H2,1-2H3. The van der Waals surface area contributed by atoms with Crippen molar-refractivity contribution in [2.75, 3.05) is 73.2 Å². The summed E-state index contributed by atoms with van der Waals surface area (Å²) >= 11 is 0. The predicted molar refractivity (Wildman–Crippen MR) is 161 cm³/mol. The molecule has 5 heterocycles. The Hall–Kier alpha value is -2.88. The van der Waals surface area contributed by atoms with E-state index in [-0.39, 0.29) is 6.10 Å². The number of amidine groups is 1. The fraction of sp³-hybridized carbons (Fsp3) is 0.625. The molecule has 1 aromatic rings. The predicted octanol–water partition coefficient (Wildman–Crippen LogP) is 3.88. The van der Waals surface area contributed by atoms with Gasteiger partial charge in [-0.3, -0.25) is 19.7 Å². The zero-order chi connectivity index (χ0) is 27.8. The Bertz CT molecular complexity index is 1250. The number of fused-ring (bicyclic) bond motifs is 3. The molecule has 2 atom stereocenters. The van der Waals surface area contributed by atoms with Gasteiger partial charge in [0.05, 0.1) is 33.0 Å². The molecule has 41 heavy (non-hydrogen) atoms. The van der Waals surface area contributed by atoms with Gasteiger partial charge in [0.1, 0.15) is 11.5 Å². The van der Waals surface area contributed by atoms with E-state index in [1.807, 2.05) is 6.07 Å². The molecule has 3 fully saturated rings. The van der Waals surface area contributed by atoms with Gasteiger partial charge in [-0.05, 0) is 62.9 Å². The van der Waals surface area contributed by atoms with E-state index in [1.54, 1.807) is 7.11 Å². The molecule has 6 aliphatic rings. The van der Waals surface area contributed by atoms with E-state index in [4.69, 9.17) is 24.2 Å². The number of hydrogen-bond acceptors (Lipinski definition) is 9. The Morgan fingerprint density at radius 3 is 2.83 bits per heavy atom. The molecule has 1 aromatic carbocycles. The minimum atomic E-state index is 0.213. The lowest BCUT2D eigenvalue weighted by Crippen LogP contribution is -2.47. The summed E-state index contributed by atoms with van der Waals surface area (Å²) in [6.45, 7) is 8.21. The van der Waals surface area contributed by atoms with Crippen LogP contribution in [0.2, 0.25) is 0 Å². The van der Waals surface area contributed by atoms with Crippen LogP contribution in [0.25, 0.3) is 0 Å². The molecule has 9 heteroatoms. The quantitative estimate of drug-likeness (QED) is 0.478. The number of morpholine rings is 1. The molecule has 0 spiro atoms. The van der Waals surface area contributed by atoms with E-state index in [1.165, 1.54) is 44.2 Å². The molecule has 0 aromatic heterocycles. The highest BCUT2D eigenvalue weighted by Crippen LogP contribution is 2.44. The number of methoxy groups -OCH3 is 1. The highest BCUT2D eigenvalue weighted by atomic mass is 16.5. The van der Waals surface area contributed by atoms with Crippen molar-refractivity contribution >= 4 is 17.5 Å². The number of nitrogens with zero attached hydrogens (tertiary/aromatic N) is 6. The Kier molecular flexibility index (Phi) is 7.75. The summed E-state index contributed by atoms with van der Waals surface area (Å²) in [5, 5.41) is 0. The zero-order valence-electron chi connectivity index (χ0n) is 24.6. The van der Waals surface area contributed by atoms with E-state index >= 15 is 0 Å². The number of likely N-dealkylation sites (tertiary alicyclic amines) is 1. The van der Waals surface area contributed by atoms with Crippen LogP contribution in [0.4, 0.5) is 5.69 Å². The minimum absolute atomic E-state index is 0.213. The summed E-state index contributed by atoms with van der Waals surface area (Å²) in [7, 11) is 3.93. The number of benzene rings is 1. The van der Waals surface area contributed by atoms with Crippen LogP contribution < -0.4 is 9.47 Å². The van der Waals surface area contributed by atoms with Gasteiger partial charge < -0.3 is 19.1 Å². The Morgan fingerprint density at radius 1 is 1.10 bits per heavy atom. The lowest BCUT2D eigenvalue weighted by atomic mass is 9.85. The normalized spacial score (nSPS) is 26.7. The monoisotopic (exact) mass is 560 g/mol. The van der Waals surface area contributed by atoms with Crippen molar-refractivity contribution in [3.8, 4) is 11.5 Å². The average Bonchev–Trinajstić information content (AvgIpc) is 3.64. The molecule has 1 aliphatic carbocycles. The Morgan fingerprint density at radius 2 is 2.02 bits per heavy atom. The van der Waals surface area contributed by atoms with Crippen LogP contribution in [-0.2, 0) is 4.74 Å². The van der Waals surface area contributed by atoms with Crippen molar-refractivity contribution < 1.29 is 14.2 Å². The topological polar surface area (TPSA) is 65.4 Å². The highest BCUT2D eigenvalue weighted by Gasteiger charge is 2.36. The fourth-order valence-corrected chi connectivity index (χ4v) is 7.11. The second-order valence-corrected chi connectivity index (χ2v) is 12.3. The van der Waals surface area contributed by atoms with Crippen LogP contribution in [0.5, 0.6) is 11.5 Å². The summed E-state index contributed by atoms with van der Waals surface area (Å²) in [5.74, 6) is 4.18. The second kappa shape index (κ2) is 11.8. The van der Waals surface area contributed by atoms with Gasteiger partial charge in [0, 0.05) is 56.9 Å². The molecule has 0 bridgehead atoms. The lowest BCUT2D eigenvalue weighted by molar-refractivity contribution is -0.0440. The summed E-state index contributed by atoms with van der Waals surface area (Å²) in [5.41, 5.74) is 3.16. The van der Waals surface area contributed by atoms with Crippen LogP contribution in [-0.4, -0.2) is 117 Å². The van der Waals surface area contributed by atoms with E-state index in [0.717, 1.165) is 87.0 Å². The van der Waals surface area contributed by atoms with E-state index in [0.29, 0.717) is 18.4 Å².